The summed E-state index contributed by atoms with van der Waals surface area (Å²) in [5.41, 5.74) is 6.04. The fourth-order valence-electron chi connectivity index (χ4n) is 2.52. The smallest absolute Gasteiger partial charge is 0.332 e. The van der Waals surface area contributed by atoms with E-state index >= 15 is 0 Å². The van der Waals surface area contributed by atoms with E-state index in [4.69, 9.17) is 17.3 Å². The second-order valence-corrected chi connectivity index (χ2v) is 6.24. The summed E-state index contributed by atoms with van der Waals surface area (Å²) in [4.78, 5) is 40.5. The van der Waals surface area contributed by atoms with Crippen LogP contribution in [0, 0.1) is 10.1 Å². The van der Waals surface area contributed by atoms with E-state index in [2.05, 4.69) is 15.1 Å². The monoisotopic (exact) mass is 416 g/mol. The molecular weight excluding hydrogens is 404 g/mol. The second kappa shape index (κ2) is 8.04. The van der Waals surface area contributed by atoms with E-state index in [0.29, 0.717) is 10.6 Å². The SMILES string of the molecule is NC(=O)N/N=C(/c1nc2ccc([N+](=O)[O-])cc2[nH]c1=O)C(O)c1ccc(Cl)cc1. The van der Waals surface area contributed by atoms with E-state index in [1.54, 1.807) is 0 Å². The fourth-order valence-corrected chi connectivity index (χ4v) is 2.65. The van der Waals surface area contributed by atoms with Gasteiger partial charge in [-0.15, -0.1) is 0 Å². The average Bonchev–Trinajstić information content (AvgIpc) is 2.68. The minimum Gasteiger partial charge on any atom is -0.382 e. The van der Waals surface area contributed by atoms with Gasteiger partial charge in [-0.3, -0.25) is 14.9 Å². The predicted molar refractivity (Wildman–Crippen MR) is 105 cm³/mol. The van der Waals surface area contributed by atoms with Crippen molar-refractivity contribution in [1.82, 2.24) is 15.4 Å². The van der Waals surface area contributed by atoms with Crippen molar-refractivity contribution in [1.29, 1.82) is 0 Å². The van der Waals surface area contributed by atoms with Crippen LogP contribution in [0.3, 0.4) is 0 Å². The minimum absolute atomic E-state index is 0.121. The van der Waals surface area contributed by atoms with Crippen LogP contribution in [0.15, 0.2) is 52.4 Å². The fraction of sp³-hybridized carbons (Fsp3) is 0.0588. The van der Waals surface area contributed by atoms with Crippen LogP contribution in [0.1, 0.15) is 17.4 Å². The lowest BCUT2D eigenvalue weighted by molar-refractivity contribution is -0.384. The van der Waals surface area contributed by atoms with Crippen molar-refractivity contribution in [3.63, 3.8) is 0 Å². The van der Waals surface area contributed by atoms with Gasteiger partial charge in [-0.25, -0.2) is 15.2 Å². The molecule has 0 saturated carbocycles. The third-order valence-electron chi connectivity index (χ3n) is 3.86. The van der Waals surface area contributed by atoms with Crippen LogP contribution >= 0.6 is 11.6 Å². The maximum Gasteiger partial charge on any atom is 0.332 e. The molecule has 0 saturated heterocycles. The van der Waals surface area contributed by atoms with E-state index in [-0.39, 0.29) is 28.1 Å². The Hall–Kier alpha value is -3.83. The highest BCUT2D eigenvalue weighted by Gasteiger charge is 2.23. The van der Waals surface area contributed by atoms with Gasteiger partial charge in [0, 0.05) is 17.2 Å². The van der Waals surface area contributed by atoms with Gasteiger partial charge in [-0.2, -0.15) is 5.10 Å². The number of primary amides is 1. The molecule has 3 rings (SSSR count). The van der Waals surface area contributed by atoms with Gasteiger partial charge in [0.1, 0.15) is 11.8 Å². The van der Waals surface area contributed by atoms with Crippen molar-refractivity contribution in [2.75, 3.05) is 0 Å². The predicted octanol–water partition coefficient (Wildman–Crippen LogP) is 1.59. The number of nitrogens with zero attached hydrogens (tertiary/aromatic N) is 3. The number of aromatic amines is 1. The van der Waals surface area contributed by atoms with Crippen LogP contribution in [0.5, 0.6) is 0 Å². The van der Waals surface area contributed by atoms with Gasteiger partial charge < -0.3 is 15.8 Å². The summed E-state index contributed by atoms with van der Waals surface area (Å²) in [5.74, 6) is 0. The van der Waals surface area contributed by atoms with Gasteiger partial charge in [0.2, 0.25) is 0 Å². The first-order valence-electron chi connectivity index (χ1n) is 8.01. The number of nitro benzene ring substituents is 1. The first kappa shape index (κ1) is 19.9. The van der Waals surface area contributed by atoms with Crippen molar-refractivity contribution < 1.29 is 14.8 Å². The third kappa shape index (κ3) is 4.36. The van der Waals surface area contributed by atoms with Gasteiger partial charge in [0.15, 0.2) is 5.69 Å². The zero-order valence-electron chi connectivity index (χ0n) is 14.5. The summed E-state index contributed by atoms with van der Waals surface area (Å²) < 4.78 is 0. The van der Waals surface area contributed by atoms with Gasteiger partial charge in [0.25, 0.3) is 11.2 Å². The summed E-state index contributed by atoms with van der Waals surface area (Å²) in [6.45, 7) is 0. The molecule has 148 valence electrons. The van der Waals surface area contributed by atoms with E-state index < -0.39 is 22.6 Å². The average molecular weight is 417 g/mol. The number of hydrogen-bond donors (Lipinski definition) is 4. The molecule has 0 fully saturated rings. The normalized spacial score (nSPS) is 12.6. The Balaban J connectivity index is 2.14. The van der Waals surface area contributed by atoms with E-state index in [9.17, 15) is 24.8 Å². The van der Waals surface area contributed by atoms with E-state index in [1.807, 2.05) is 5.43 Å². The van der Waals surface area contributed by atoms with E-state index in [1.165, 1.54) is 36.4 Å². The van der Waals surface area contributed by atoms with Crippen LogP contribution in [-0.2, 0) is 0 Å². The zero-order valence-corrected chi connectivity index (χ0v) is 15.3. The first-order valence-corrected chi connectivity index (χ1v) is 8.39. The number of benzene rings is 2. The third-order valence-corrected chi connectivity index (χ3v) is 4.11. The van der Waals surface area contributed by atoms with Crippen LogP contribution in [0.25, 0.3) is 11.0 Å². The summed E-state index contributed by atoms with van der Waals surface area (Å²) in [6.07, 6.45) is -1.46. The number of urea groups is 1. The van der Waals surface area contributed by atoms with Crippen molar-refractivity contribution in [3.8, 4) is 0 Å². The Bertz CT molecular complexity index is 1190. The number of nitrogens with one attached hydrogen (secondary N) is 2. The molecule has 0 aliphatic carbocycles. The number of amides is 2. The topological polar surface area (TPSA) is 177 Å². The second-order valence-electron chi connectivity index (χ2n) is 5.80. The molecule has 1 atom stereocenters. The molecule has 0 radical (unpaired) electrons. The van der Waals surface area contributed by atoms with Gasteiger partial charge in [-0.1, -0.05) is 23.7 Å². The summed E-state index contributed by atoms with van der Waals surface area (Å²) in [6, 6.07) is 8.75. The maximum absolute atomic E-state index is 12.5. The number of carbonyl (C=O) groups excluding carboxylic acids is 1. The summed E-state index contributed by atoms with van der Waals surface area (Å²) in [5, 5.41) is 25.8. The summed E-state index contributed by atoms with van der Waals surface area (Å²) in [7, 11) is 0. The Morgan fingerprint density at radius 1 is 1.31 bits per heavy atom. The molecule has 11 nitrogen and oxygen atoms in total. The van der Waals surface area contributed by atoms with Crippen molar-refractivity contribution in [2.24, 2.45) is 10.8 Å². The molecule has 1 unspecified atom stereocenters. The Kier molecular flexibility index (Phi) is 5.52. The van der Waals surface area contributed by atoms with Crippen molar-refractivity contribution in [2.45, 2.75) is 6.10 Å². The number of halogens is 1. The number of hydrazone groups is 1. The highest BCUT2D eigenvalue weighted by atomic mass is 35.5. The quantitative estimate of drug-likeness (QED) is 0.278. The lowest BCUT2D eigenvalue weighted by Gasteiger charge is -2.14. The molecule has 1 aromatic heterocycles. The lowest BCUT2D eigenvalue weighted by atomic mass is 10.0. The zero-order chi connectivity index (χ0) is 21.1. The number of aromatic nitrogens is 2. The van der Waals surface area contributed by atoms with Crippen LogP contribution < -0.4 is 16.7 Å². The number of nitrogens with two attached hydrogens (primary N) is 1. The number of fused-ring (bicyclic) bond motifs is 1. The highest BCUT2D eigenvalue weighted by Crippen LogP contribution is 2.21. The number of hydrogen-bond acceptors (Lipinski definition) is 7. The number of non-ortho nitro benzene ring substituents is 1. The van der Waals surface area contributed by atoms with Gasteiger partial charge in [0.05, 0.1) is 16.0 Å². The number of aliphatic hydroxyl groups is 1. The number of H-pyrrole nitrogens is 1. The van der Waals surface area contributed by atoms with Crippen LogP contribution in [0.4, 0.5) is 10.5 Å². The Labute approximate surface area is 167 Å². The lowest BCUT2D eigenvalue weighted by Crippen LogP contribution is -2.31. The number of nitro groups is 1. The molecule has 2 amide bonds. The largest absolute Gasteiger partial charge is 0.382 e. The molecule has 0 aliphatic rings. The molecule has 0 aliphatic heterocycles. The maximum atomic E-state index is 12.5. The van der Waals surface area contributed by atoms with E-state index in [0.717, 1.165) is 6.07 Å². The molecule has 2 aromatic carbocycles. The molecule has 12 heteroatoms. The highest BCUT2D eigenvalue weighted by molar-refractivity contribution is 6.30. The number of rotatable bonds is 5. The number of aliphatic hydroxyl groups excluding tert-OH is 1. The van der Waals surface area contributed by atoms with Gasteiger partial charge in [-0.05, 0) is 23.8 Å². The molecular formula is C17H13ClN6O5. The molecule has 3 aromatic rings. The number of carbonyl (C=O) groups is 1. The molecule has 1 heterocycles. The van der Waals surface area contributed by atoms with Crippen molar-refractivity contribution >= 4 is 40.1 Å². The molecule has 5 N–H and O–H groups in total. The minimum atomic E-state index is -1.46. The standard InChI is InChI=1S/C17H13ClN6O5/c18-9-3-1-8(2-4-9)15(25)13(22-23-17(19)27)14-16(26)21-12-7-10(24(28)29)5-6-11(12)20-14/h1-7,15,25H,(H,21,26)(H3,19,23,27)/b22-13-. The van der Waals surface area contributed by atoms with Crippen LogP contribution in [-0.4, -0.2) is 31.7 Å². The summed E-state index contributed by atoms with van der Waals surface area (Å²) >= 11 is 5.84. The molecule has 0 spiro atoms. The molecule has 29 heavy (non-hydrogen) atoms. The first-order chi connectivity index (χ1) is 13.8. The Morgan fingerprint density at radius 3 is 2.62 bits per heavy atom. The van der Waals surface area contributed by atoms with Crippen molar-refractivity contribution in [3.05, 3.63) is 79.2 Å². The van der Waals surface area contributed by atoms with Crippen LogP contribution in [0.2, 0.25) is 5.02 Å². The van der Waals surface area contributed by atoms with Gasteiger partial charge >= 0.3 is 6.03 Å². The molecule has 0 bridgehead atoms. The Morgan fingerprint density at radius 2 is 2.00 bits per heavy atom.